The van der Waals surface area contributed by atoms with Gasteiger partial charge < -0.3 is 0 Å². The molecule has 0 aromatic rings. The molecule has 0 saturated carbocycles. The topological polar surface area (TPSA) is 20.3 Å². The van der Waals surface area contributed by atoms with Crippen molar-refractivity contribution in [2.24, 2.45) is 0 Å². The van der Waals surface area contributed by atoms with Gasteiger partial charge in [0.2, 0.25) is 0 Å². The zero-order valence-corrected chi connectivity index (χ0v) is 8.65. The maximum absolute atomic E-state index is 10.4. The summed E-state index contributed by atoms with van der Waals surface area (Å²) in [5.41, 5.74) is 0. The normalized spacial score (nSPS) is 8.43. The second-order valence-corrected chi connectivity index (χ2v) is 4.09. The van der Waals surface area contributed by atoms with Crippen LogP contribution in [-0.2, 0) is 0 Å². The lowest BCUT2D eigenvalue weighted by Crippen LogP contribution is -2.06. The van der Waals surface area contributed by atoms with Gasteiger partial charge in [0.1, 0.15) is 0 Å². The van der Waals surface area contributed by atoms with Gasteiger partial charge >= 0.3 is 0 Å². The zero-order chi connectivity index (χ0) is 5.86. The monoisotopic (exact) mass is 343 g/mol. The first-order chi connectivity index (χ1) is 3.18. The first kappa shape index (κ1) is 8.28. The predicted molar refractivity (Wildman–Crippen MR) is 48.8 cm³/mol. The first-order valence-corrected chi connectivity index (χ1v) is 5.73. The second kappa shape index (κ2) is 4.19. The van der Waals surface area contributed by atoms with E-state index in [4.69, 9.17) is 0 Å². The summed E-state index contributed by atoms with van der Waals surface area (Å²) in [7, 11) is 2.90. The van der Waals surface area contributed by atoms with E-state index in [2.05, 4.69) is 0 Å². The SMILES string of the molecule is CN(I)C(=O)SI. The zero-order valence-electron chi connectivity index (χ0n) is 3.52. The molecule has 0 atom stereocenters. The fraction of sp³-hybridized carbons (Fsp3) is 0.500. The lowest BCUT2D eigenvalue weighted by atomic mass is 11.2. The Morgan fingerprint density at radius 1 is 1.86 bits per heavy atom. The fourth-order valence-corrected chi connectivity index (χ4v) is 2.45. The van der Waals surface area contributed by atoms with Crippen LogP contribution in [0.4, 0.5) is 4.79 Å². The Morgan fingerprint density at radius 3 is 2.29 bits per heavy atom. The van der Waals surface area contributed by atoms with Gasteiger partial charge in [-0.1, -0.05) is 0 Å². The lowest BCUT2D eigenvalue weighted by Gasteiger charge is -2.00. The molecule has 5 heteroatoms. The summed E-state index contributed by atoms with van der Waals surface area (Å²) in [5, 5.41) is 0.0706. The molecule has 0 aliphatic rings. The van der Waals surface area contributed by atoms with Crippen LogP contribution < -0.4 is 0 Å². The third-order valence-electron chi connectivity index (χ3n) is 0.318. The van der Waals surface area contributed by atoms with Gasteiger partial charge in [-0.2, -0.15) is 0 Å². The van der Waals surface area contributed by atoms with E-state index >= 15 is 0 Å². The van der Waals surface area contributed by atoms with Gasteiger partial charge in [-0.15, -0.1) is 0 Å². The van der Waals surface area contributed by atoms with Gasteiger partial charge in [-0.3, -0.25) is 7.91 Å². The molecule has 0 bridgehead atoms. The van der Waals surface area contributed by atoms with Crippen LogP contribution in [0.15, 0.2) is 0 Å². The van der Waals surface area contributed by atoms with Gasteiger partial charge in [0.05, 0.1) is 22.9 Å². The molecule has 0 fully saturated rings. The van der Waals surface area contributed by atoms with Crippen molar-refractivity contribution in [3.8, 4) is 0 Å². The molecule has 0 spiro atoms. The van der Waals surface area contributed by atoms with Crippen LogP contribution in [-0.4, -0.2) is 15.4 Å². The van der Waals surface area contributed by atoms with Crippen molar-refractivity contribution in [2.45, 2.75) is 0 Å². The molecular formula is C2H3I2NOS. The van der Waals surface area contributed by atoms with Crippen molar-refractivity contribution in [2.75, 3.05) is 7.05 Å². The molecule has 0 aliphatic carbocycles. The van der Waals surface area contributed by atoms with Crippen molar-refractivity contribution < 1.29 is 4.79 Å². The minimum absolute atomic E-state index is 0.0706. The third-order valence-corrected chi connectivity index (χ3v) is 2.62. The number of hydrogen-bond donors (Lipinski definition) is 0. The van der Waals surface area contributed by atoms with Crippen molar-refractivity contribution in [3.63, 3.8) is 0 Å². The van der Waals surface area contributed by atoms with E-state index in [9.17, 15) is 4.79 Å². The summed E-state index contributed by atoms with van der Waals surface area (Å²) < 4.78 is 1.51. The number of rotatable bonds is 0. The number of carbonyl (C=O) groups excluding carboxylic acids is 1. The molecule has 0 rings (SSSR count). The highest BCUT2D eigenvalue weighted by molar-refractivity contribution is 14.2. The average molecular weight is 343 g/mol. The summed E-state index contributed by atoms with van der Waals surface area (Å²) in [5.74, 6) is 0. The summed E-state index contributed by atoms with van der Waals surface area (Å²) in [6.07, 6.45) is 0. The van der Waals surface area contributed by atoms with Crippen molar-refractivity contribution in [1.82, 2.24) is 3.11 Å². The van der Waals surface area contributed by atoms with E-state index in [1.165, 1.54) is 12.0 Å². The van der Waals surface area contributed by atoms with Crippen LogP contribution in [0.5, 0.6) is 0 Å². The number of halogens is 2. The number of carbonyl (C=O) groups is 1. The van der Waals surface area contributed by atoms with Crippen LogP contribution in [0.1, 0.15) is 0 Å². The molecule has 0 heterocycles. The number of nitrogens with zero attached hydrogens (tertiary/aromatic N) is 1. The Morgan fingerprint density at radius 2 is 2.29 bits per heavy atom. The Kier molecular flexibility index (Phi) is 4.95. The van der Waals surface area contributed by atoms with Crippen LogP contribution in [0.3, 0.4) is 0 Å². The highest BCUT2D eigenvalue weighted by atomic mass is 127. The minimum atomic E-state index is 0.0706. The van der Waals surface area contributed by atoms with Crippen molar-refractivity contribution in [3.05, 3.63) is 0 Å². The Hall–Kier alpha value is 1.28. The fourth-order valence-electron chi connectivity index (χ4n) is 0.0475. The number of amides is 1. The minimum Gasteiger partial charge on any atom is -0.278 e. The first-order valence-electron chi connectivity index (χ1n) is 1.40. The van der Waals surface area contributed by atoms with Crippen molar-refractivity contribution in [1.29, 1.82) is 0 Å². The van der Waals surface area contributed by atoms with E-state index in [0.717, 1.165) is 0 Å². The van der Waals surface area contributed by atoms with E-state index in [-0.39, 0.29) is 5.24 Å². The highest BCUT2D eigenvalue weighted by Crippen LogP contribution is 2.17. The quantitative estimate of drug-likeness (QED) is 0.498. The highest BCUT2D eigenvalue weighted by Gasteiger charge is 2.00. The molecule has 2 nitrogen and oxygen atoms in total. The molecule has 7 heavy (non-hydrogen) atoms. The summed E-state index contributed by atoms with van der Waals surface area (Å²) in [4.78, 5) is 10.4. The van der Waals surface area contributed by atoms with Gasteiger partial charge in [0.15, 0.2) is 0 Å². The summed E-state index contributed by atoms with van der Waals surface area (Å²) >= 11 is 3.88. The molecule has 0 aromatic heterocycles. The Labute approximate surface area is 72.5 Å². The van der Waals surface area contributed by atoms with E-state index in [0.29, 0.717) is 0 Å². The predicted octanol–water partition coefficient (Wildman–Crippen LogP) is 2.47. The third kappa shape index (κ3) is 3.83. The lowest BCUT2D eigenvalue weighted by molar-refractivity contribution is 0.255. The summed E-state index contributed by atoms with van der Waals surface area (Å²) in [6, 6.07) is 0. The van der Waals surface area contributed by atoms with E-state index in [1.807, 2.05) is 44.1 Å². The Balaban J connectivity index is 3.35. The van der Waals surface area contributed by atoms with Crippen molar-refractivity contribution >= 4 is 58.2 Å². The molecular weight excluding hydrogens is 340 g/mol. The van der Waals surface area contributed by atoms with Crippen LogP contribution in [0.2, 0.25) is 0 Å². The molecule has 0 unspecified atom stereocenters. The van der Waals surface area contributed by atoms with Crippen LogP contribution in [0.25, 0.3) is 0 Å². The Bertz CT molecular complexity index is 76.1. The van der Waals surface area contributed by atoms with Crippen LogP contribution >= 0.6 is 53.0 Å². The van der Waals surface area contributed by atoms with E-state index in [1.54, 1.807) is 7.05 Å². The molecule has 0 saturated heterocycles. The molecule has 0 aromatic carbocycles. The molecule has 0 radical (unpaired) electrons. The van der Waals surface area contributed by atoms with Gasteiger partial charge in [-0.05, 0) is 0 Å². The second-order valence-electron chi connectivity index (χ2n) is 0.820. The van der Waals surface area contributed by atoms with E-state index < -0.39 is 0 Å². The maximum Gasteiger partial charge on any atom is 0.300 e. The number of hydrogen-bond acceptors (Lipinski definition) is 2. The summed E-state index contributed by atoms with van der Waals surface area (Å²) in [6.45, 7) is 0. The smallest absolute Gasteiger partial charge is 0.278 e. The van der Waals surface area contributed by atoms with Crippen LogP contribution in [0, 0.1) is 0 Å². The molecule has 42 valence electrons. The molecule has 0 N–H and O–H groups in total. The maximum atomic E-state index is 10.4. The molecule has 0 aliphatic heterocycles. The largest absolute Gasteiger partial charge is 0.300 e. The molecule has 1 amide bonds. The standard InChI is InChI=1S/C2H3I2NOS/c1-5(3)2(6)7-4/h1H3. The van der Waals surface area contributed by atoms with Gasteiger partial charge in [0.25, 0.3) is 5.24 Å². The van der Waals surface area contributed by atoms with Gasteiger partial charge in [0, 0.05) is 37.2 Å². The van der Waals surface area contributed by atoms with Gasteiger partial charge in [-0.25, -0.2) is 0 Å². The average Bonchev–Trinajstić information content (AvgIpc) is 1.65.